The summed E-state index contributed by atoms with van der Waals surface area (Å²) < 4.78 is 3.05. The fourth-order valence-corrected chi connectivity index (χ4v) is 3.08. The molecule has 5 nitrogen and oxygen atoms in total. The van der Waals surface area contributed by atoms with Gasteiger partial charge in [-0.1, -0.05) is 22.0 Å². The fourth-order valence-electron chi connectivity index (χ4n) is 2.68. The second kappa shape index (κ2) is 5.31. The van der Waals surface area contributed by atoms with Crippen LogP contribution in [-0.2, 0) is 7.05 Å². The van der Waals surface area contributed by atoms with Crippen molar-refractivity contribution < 1.29 is 4.57 Å². The van der Waals surface area contributed by atoms with Gasteiger partial charge < -0.3 is 10.3 Å². The molecule has 4 aromatic rings. The van der Waals surface area contributed by atoms with E-state index >= 15 is 0 Å². The maximum Gasteiger partial charge on any atom is 0.295 e. The van der Waals surface area contributed by atoms with E-state index in [4.69, 9.17) is 4.98 Å². The Morgan fingerprint density at radius 1 is 1.22 bits per heavy atom. The number of anilines is 2. The summed E-state index contributed by atoms with van der Waals surface area (Å²) in [5, 5.41) is 4.54. The minimum Gasteiger partial charge on any atom is -0.350 e. The van der Waals surface area contributed by atoms with E-state index in [-0.39, 0.29) is 0 Å². The lowest BCUT2D eigenvalue weighted by Gasteiger charge is -2.09. The van der Waals surface area contributed by atoms with Gasteiger partial charge in [0.1, 0.15) is 17.4 Å². The van der Waals surface area contributed by atoms with E-state index in [1.165, 1.54) is 0 Å². The van der Waals surface area contributed by atoms with E-state index in [0.29, 0.717) is 0 Å². The third-order valence-electron chi connectivity index (χ3n) is 3.93. The van der Waals surface area contributed by atoms with Gasteiger partial charge in [-0.15, -0.1) is 0 Å². The van der Waals surface area contributed by atoms with Crippen molar-refractivity contribution in [2.75, 3.05) is 5.32 Å². The highest BCUT2D eigenvalue weighted by Crippen LogP contribution is 2.32. The topological polar surface area (TPSA) is 57.5 Å². The van der Waals surface area contributed by atoms with Crippen molar-refractivity contribution in [1.29, 1.82) is 0 Å². The summed E-state index contributed by atoms with van der Waals surface area (Å²) in [6.07, 6.45) is 3.80. The van der Waals surface area contributed by atoms with Crippen molar-refractivity contribution in [2.24, 2.45) is 7.05 Å². The number of aryl methyl sites for hydroxylation is 2. The number of aromatic nitrogens is 4. The van der Waals surface area contributed by atoms with Gasteiger partial charge in [-0.3, -0.25) is 0 Å². The van der Waals surface area contributed by atoms with Gasteiger partial charge in [-0.2, -0.15) is 0 Å². The zero-order valence-electron chi connectivity index (χ0n) is 12.8. The van der Waals surface area contributed by atoms with E-state index in [2.05, 4.69) is 43.5 Å². The van der Waals surface area contributed by atoms with E-state index in [0.717, 1.165) is 43.6 Å². The van der Waals surface area contributed by atoms with Crippen LogP contribution in [0.15, 0.2) is 47.3 Å². The van der Waals surface area contributed by atoms with Crippen LogP contribution in [0.2, 0.25) is 0 Å². The van der Waals surface area contributed by atoms with Gasteiger partial charge in [0.15, 0.2) is 0 Å². The molecule has 0 saturated heterocycles. The smallest absolute Gasteiger partial charge is 0.295 e. The molecule has 4 rings (SSSR count). The molecule has 0 bridgehead atoms. The molecule has 23 heavy (non-hydrogen) atoms. The molecule has 2 N–H and O–H groups in total. The Morgan fingerprint density at radius 2 is 2.09 bits per heavy atom. The monoisotopic (exact) mass is 368 g/mol. The molecule has 2 aromatic heterocycles. The lowest BCUT2D eigenvalue weighted by atomic mass is 10.1. The summed E-state index contributed by atoms with van der Waals surface area (Å²) in [7, 11) is 2.00. The number of nitrogens with zero attached hydrogens (tertiary/aromatic N) is 3. The molecule has 2 aromatic carbocycles. The molecule has 0 fully saturated rings. The highest BCUT2D eigenvalue weighted by molar-refractivity contribution is 9.10. The molecule has 114 valence electrons. The maximum absolute atomic E-state index is 4.76. The Kier molecular flexibility index (Phi) is 3.27. The molecule has 0 aliphatic rings. The van der Waals surface area contributed by atoms with Crippen LogP contribution in [0.5, 0.6) is 0 Å². The molecular weight excluding hydrogens is 354 g/mol. The molecule has 0 atom stereocenters. The van der Waals surface area contributed by atoms with Gasteiger partial charge in [0.25, 0.3) is 5.82 Å². The minimum atomic E-state index is 0.887. The van der Waals surface area contributed by atoms with E-state index in [9.17, 15) is 0 Å². The minimum absolute atomic E-state index is 0.887. The van der Waals surface area contributed by atoms with Crippen molar-refractivity contribution in [2.45, 2.75) is 6.92 Å². The van der Waals surface area contributed by atoms with Crippen LogP contribution in [0, 0.1) is 6.92 Å². The standard InChI is InChI=1S/C17H14BrN5/c1-10-21-15-11(8-23(10)2)6-14-16(20-9-19-14)17(15)22-13-5-3-4-12(18)7-13/h3-9,22H,1-2H3/p+1. The van der Waals surface area contributed by atoms with E-state index in [1.54, 1.807) is 6.33 Å². The Morgan fingerprint density at radius 3 is 2.91 bits per heavy atom. The number of H-pyrrole nitrogens is 1. The summed E-state index contributed by atoms with van der Waals surface area (Å²) in [5.41, 5.74) is 4.70. The first-order valence-electron chi connectivity index (χ1n) is 7.27. The molecule has 0 aliphatic carbocycles. The van der Waals surface area contributed by atoms with Crippen LogP contribution in [0.4, 0.5) is 11.4 Å². The first-order chi connectivity index (χ1) is 11.1. The Bertz CT molecular complexity index is 1040. The molecular formula is C17H15BrN5+. The average molecular weight is 369 g/mol. The average Bonchev–Trinajstić information content (AvgIpc) is 2.97. The number of hydrogen-bond donors (Lipinski definition) is 2. The lowest BCUT2D eigenvalue weighted by Crippen LogP contribution is -2.32. The zero-order valence-corrected chi connectivity index (χ0v) is 14.3. The van der Waals surface area contributed by atoms with Crippen molar-refractivity contribution in [3.63, 3.8) is 0 Å². The van der Waals surface area contributed by atoms with Gasteiger partial charge in [0.05, 0.1) is 24.3 Å². The molecule has 0 radical (unpaired) electrons. The molecule has 0 unspecified atom stereocenters. The second-order valence-corrected chi connectivity index (χ2v) is 6.44. The van der Waals surface area contributed by atoms with E-state index in [1.807, 2.05) is 42.8 Å². The van der Waals surface area contributed by atoms with Crippen molar-refractivity contribution in [3.05, 3.63) is 53.2 Å². The van der Waals surface area contributed by atoms with Crippen LogP contribution in [-0.4, -0.2) is 15.0 Å². The van der Waals surface area contributed by atoms with Crippen molar-refractivity contribution in [1.82, 2.24) is 15.0 Å². The third-order valence-corrected chi connectivity index (χ3v) is 4.42. The van der Waals surface area contributed by atoms with Crippen LogP contribution in [0.3, 0.4) is 0 Å². The van der Waals surface area contributed by atoms with Crippen LogP contribution < -0.4 is 9.88 Å². The Labute approximate surface area is 141 Å². The van der Waals surface area contributed by atoms with Gasteiger partial charge >= 0.3 is 0 Å². The van der Waals surface area contributed by atoms with Gasteiger partial charge in [0, 0.05) is 17.1 Å². The Hall–Kier alpha value is -2.47. The lowest BCUT2D eigenvalue weighted by molar-refractivity contribution is -0.679. The zero-order chi connectivity index (χ0) is 16.0. The maximum atomic E-state index is 4.76. The molecule has 0 amide bonds. The number of rotatable bonds is 2. The number of halogens is 1. The quantitative estimate of drug-likeness (QED) is 0.529. The highest BCUT2D eigenvalue weighted by atomic mass is 79.9. The SMILES string of the molecule is Cc1nc2c(Nc3cccc(Br)c3)c3nc[nH]c3cc2c[n+]1C. The predicted octanol–water partition coefficient (Wildman–Crippen LogP) is 3.75. The molecule has 0 aliphatic heterocycles. The number of nitrogens with one attached hydrogen (secondary N) is 2. The number of fused-ring (bicyclic) bond motifs is 2. The largest absolute Gasteiger partial charge is 0.350 e. The van der Waals surface area contributed by atoms with Crippen molar-refractivity contribution >= 4 is 49.2 Å². The van der Waals surface area contributed by atoms with Gasteiger partial charge in [-0.25, -0.2) is 9.55 Å². The van der Waals surface area contributed by atoms with Crippen LogP contribution in [0.25, 0.3) is 21.9 Å². The van der Waals surface area contributed by atoms with Gasteiger partial charge in [-0.05, 0) is 29.2 Å². The molecule has 0 spiro atoms. The highest BCUT2D eigenvalue weighted by Gasteiger charge is 2.18. The predicted molar refractivity (Wildman–Crippen MR) is 94.7 cm³/mol. The summed E-state index contributed by atoms with van der Waals surface area (Å²) in [5.74, 6) is 0.949. The molecule has 2 heterocycles. The molecule has 6 heteroatoms. The van der Waals surface area contributed by atoms with Crippen LogP contribution >= 0.6 is 15.9 Å². The second-order valence-electron chi connectivity index (χ2n) is 5.52. The van der Waals surface area contributed by atoms with E-state index < -0.39 is 0 Å². The first kappa shape index (κ1) is 14.1. The normalized spacial score (nSPS) is 11.3. The Balaban J connectivity index is 2.00. The number of aromatic amines is 1. The molecule has 0 saturated carbocycles. The number of hydrogen-bond acceptors (Lipinski definition) is 3. The summed E-state index contributed by atoms with van der Waals surface area (Å²) >= 11 is 3.51. The fraction of sp³-hybridized carbons (Fsp3) is 0.118. The summed E-state index contributed by atoms with van der Waals surface area (Å²) in [6, 6.07) is 10.1. The van der Waals surface area contributed by atoms with Crippen LogP contribution in [0.1, 0.15) is 5.82 Å². The summed E-state index contributed by atoms with van der Waals surface area (Å²) in [6.45, 7) is 2.00. The number of benzene rings is 2. The first-order valence-corrected chi connectivity index (χ1v) is 8.07. The van der Waals surface area contributed by atoms with Crippen molar-refractivity contribution in [3.8, 4) is 0 Å². The van der Waals surface area contributed by atoms with Gasteiger partial charge in [0.2, 0.25) is 5.52 Å². The number of imidazole rings is 1. The third kappa shape index (κ3) is 2.45. The summed E-state index contributed by atoms with van der Waals surface area (Å²) in [4.78, 5) is 12.4.